The minimum atomic E-state index is 0. The molecule has 0 aliphatic rings. The predicted octanol–water partition coefficient (Wildman–Crippen LogP) is 20.2. The summed E-state index contributed by atoms with van der Waals surface area (Å²) in [5.74, 6) is 0. The average Bonchev–Trinajstić information content (AvgIpc) is 0. The standard InChI is InChI=1S/24CH4.11CH3.11U/h24*1H4;11*1H3;;;;;;;;;;;/q;;;;;;;;;;;;;;;;;;;;;;;;11*-1;;;;;;;;;;;. The largest absolute Gasteiger partial charge is 0.358 e. The monoisotopic (exact) mass is 3170 g/mol. The summed E-state index contributed by atoms with van der Waals surface area (Å²) >= 11 is 0. The van der Waals surface area contributed by atoms with E-state index in [-0.39, 0.29) is 602 Å². The van der Waals surface area contributed by atoms with Gasteiger partial charge in [-0.15, -0.1) is 0 Å². The van der Waals surface area contributed by atoms with Gasteiger partial charge in [0.05, 0.1) is 0 Å². The van der Waals surface area contributed by atoms with E-state index >= 15 is 0 Å². The molecule has 0 aromatic rings. The number of hydrogen-bond acceptors (Lipinski definition) is 0. The molecule has 0 aromatic carbocycles. The molecule has 0 unspecified atom stereocenters. The van der Waals surface area contributed by atoms with Crippen LogP contribution >= 0.6 is 0 Å². The van der Waals surface area contributed by atoms with E-state index in [0.717, 1.165) is 0 Å². The van der Waals surface area contributed by atoms with Crippen LogP contribution in [0.25, 0.3) is 0 Å². The van der Waals surface area contributed by atoms with Crippen LogP contribution in [0.2, 0.25) is 0 Å². The first-order valence-corrected chi connectivity index (χ1v) is 0. The minimum Gasteiger partial charge on any atom is -0.358 e. The second kappa shape index (κ2) is 1300. The Bertz CT molecular complexity index is 36.5. The first kappa shape index (κ1) is 1380. The molecular formula is C35H129U11-11. The van der Waals surface area contributed by atoms with Gasteiger partial charge in [0.1, 0.15) is 0 Å². The molecule has 0 aliphatic carbocycles. The molecule has 0 saturated carbocycles. The Labute approximate surface area is 588 Å². The van der Waals surface area contributed by atoms with Crippen molar-refractivity contribution in [1.82, 2.24) is 0 Å². The molecule has 0 N–H and O–H groups in total. The van der Waals surface area contributed by atoms with Crippen LogP contribution in [0.1, 0.15) is 178 Å². The van der Waals surface area contributed by atoms with E-state index < -0.39 is 0 Å². The smallest absolute Gasteiger partial charge is 0 e. The van der Waals surface area contributed by atoms with Crippen LogP contribution in [0.5, 0.6) is 0 Å². The third kappa shape index (κ3) is 1240. The van der Waals surface area contributed by atoms with Crippen LogP contribution in [0.3, 0.4) is 0 Å². The molecule has 0 heterocycles. The summed E-state index contributed by atoms with van der Waals surface area (Å²) in [6, 6.07) is 0. The van der Waals surface area contributed by atoms with E-state index in [0.29, 0.717) is 0 Å². The maximum Gasteiger partial charge on any atom is 0 e. The molecule has 0 aliphatic heterocycles. The fraction of sp³-hybridized carbons (Fsp3) is 0.686. The molecule has 0 nitrogen and oxygen atoms in total. The number of rotatable bonds is 0. The van der Waals surface area contributed by atoms with Crippen molar-refractivity contribution in [3.63, 3.8) is 0 Å². The van der Waals surface area contributed by atoms with Gasteiger partial charge in [-0.1, -0.05) is 178 Å². The Balaban J connectivity index is 0. The zero-order chi connectivity index (χ0) is 0. The van der Waals surface area contributed by atoms with Crippen LogP contribution in [-0.4, -0.2) is 0 Å². The summed E-state index contributed by atoms with van der Waals surface area (Å²) in [5.41, 5.74) is 0. The molecule has 0 rings (SSSR count). The Morgan fingerprint density at radius 1 is 0.0652 bits per heavy atom. The van der Waals surface area contributed by atoms with Crippen molar-refractivity contribution in [1.29, 1.82) is 0 Å². The van der Waals surface area contributed by atoms with Gasteiger partial charge in [-0.2, -0.15) is 0 Å². The molecule has 0 amide bonds. The Morgan fingerprint density at radius 3 is 0.0652 bits per heavy atom. The molecule has 11 heteroatoms. The van der Waals surface area contributed by atoms with Gasteiger partial charge in [0.2, 0.25) is 0 Å². The average molecular weight is 3170 g/mol. The summed E-state index contributed by atoms with van der Waals surface area (Å²) in [7, 11) is 0. The van der Waals surface area contributed by atoms with Crippen molar-refractivity contribution in [2.24, 2.45) is 0 Å². The van der Waals surface area contributed by atoms with E-state index in [9.17, 15) is 0 Å². The summed E-state index contributed by atoms with van der Waals surface area (Å²) in [4.78, 5) is 0. The van der Waals surface area contributed by atoms with Crippen molar-refractivity contribution >= 4 is 0 Å². The van der Waals surface area contributed by atoms with E-state index in [1.165, 1.54) is 0 Å². The molecule has 0 aromatic heterocycles. The van der Waals surface area contributed by atoms with Crippen molar-refractivity contribution < 1.29 is 342 Å². The third-order valence-electron chi connectivity index (χ3n) is 0. The van der Waals surface area contributed by atoms with Gasteiger partial charge in [0.15, 0.2) is 0 Å². The van der Waals surface area contributed by atoms with Crippen LogP contribution in [0, 0.1) is 424 Å². The molecule has 324 valence electrons. The maximum atomic E-state index is 0. The number of hydrogen-bond donors (Lipinski definition) is 0. The van der Waals surface area contributed by atoms with Crippen molar-refractivity contribution in [3.05, 3.63) is 81.7 Å². The van der Waals surface area contributed by atoms with Crippen molar-refractivity contribution in [2.45, 2.75) is 178 Å². The Kier molecular flexibility index (Phi) is 39000. The van der Waals surface area contributed by atoms with E-state index in [1.54, 1.807) is 0 Å². The fourth-order valence-electron chi connectivity index (χ4n) is 0. The fourth-order valence-corrected chi connectivity index (χ4v) is 0. The second-order valence-electron chi connectivity index (χ2n) is 0. The predicted molar refractivity (Wildman–Crippen MR) is 232 cm³/mol. The van der Waals surface area contributed by atoms with Gasteiger partial charge in [0, 0.05) is 342 Å². The minimum absolute atomic E-state index is 0. The normalized spacial score (nSPS) is 0. The first-order chi connectivity index (χ1) is 0. The quantitative estimate of drug-likeness (QED) is 0.212. The molecule has 0 spiro atoms. The van der Waals surface area contributed by atoms with Crippen LogP contribution < -0.4 is 0 Å². The summed E-state index contributed by atoms with van der Waals surface area (Å²) in [6.45, 7) is 0. The van der Waals surface area contributed by atoms with Crippen LogP contribution in [0.4, 0.5) is 0 Å². The Hall–Kier alpha value is 11.6. The van der Waals surface area contributed by atoms with E-state index in [2.05, 4.69) is 0 Å². The van der Waals surface area contributed by atoms with Gasteiger partial charge < -0.3 is 81.7 Å². The van der Waals surface area contributed by atoms with Crippen LogP contribution in [0.15, 0.2) is 0 Å². The summed E-state index contributed by atoms with van der Waals surface area (Å²) in [5, 5.41) is 0. The molecule has 0 saturated heterocycles. The van der Waals surface area contributed by atoms with Gasteiger partial charge in [-0.3, -0.25) is 0 Å². The topological polar surface area (TPSA) is 0 Å². The zero-order valence-corrected chi connectivity index (χ0v) is 62.3. The third-order valence-corrected chi connectivity index (χ3v) is 0. The molecule has 0 radical (unpaired) electrons. The zero-order valence-electron chi connectivity index (χ0n) is 16.5. The SMILES string of the molecule is C.C.C.C.C.C.C.C.C.C.C.C.C.C.C.C.C.C.C.C.C.C.C.C.[CH3-].[CH3-].[CH3-].[CH3-].[CH3-].[CH3-].[CH3-].[CH3-].[CH3-].[CH3-].[CH3-].[U].[U].[U].[U].[U].[U].[U].[U].[U].[U].[U]. The molecule has 0 bridgehead atoms. The van der Waals surface area contributed by atoms with Crippen molar-refractivity contribution in [2.75, 3.05) is 0 Å². The van der Waals surface area contributed by atoms with Crippen LogP contribution in [-0.2, 0) is 0 Å². The second-order valence-corrected chi connectivity index (χ2v) is 0. The molecule has 0 fully saturated rings. The van der Waals surface area contributed by atoms with Gasteiger partial charge in [0.25, 0.3) is 0 Å². The van der Waals surface area contributed by atoms with Gasteiger partial charge >= 0.3 is 0 Å². The molecule has 0 atom stereocenters. The van der Waals surface area contributed by atoms with E-state index in [4.69, 9.17) is 0 Å². The Morgan fingerprint density at radius 2 is 0.0652 bits per heavy atom. The molecule has 46 heavy (non-hydrogen) atoms. The van der Waals surface area contributed by atoms with Crippen molar-refractivity contribution in [3.8, 4) is 0 Å². The van der Waals surface area contributed by atoms with E-state index in [1.807, 2.05) is 0 Å². The maximum absolute atomic E-state index is 0. The molecular weight excluding hydrogens is 3040 g/mol. The summed E-state index contributed by atoms with van der Waals surface area (Å²) < 4.78 is 0. The summed E-state index contributed by atoms with van der Waals surface area (Å²) in [6.07, 6.45) is 0. The van der Waals surface area contributed by atoms with Gasteiger partial charge in [-0.05, 0) is 0 Å². The van der Waals surface area contributed by atoms with Gasteiger partial charge in [-0.25, -0.2) is 0 Å². The first-order valence-electron chi connectivity index (χ1n) is 0.